The molecule has 1 aromatic heterocycles. The summed E-state index contributed by atoms with van der Waals surface area (Å²) in [5.74, 6) is 0.526. The number of rotatable bonds is 2. The second-order valence-corrected chi connectivity index (χ2v) is 3.81. The molecule has 0 unspecified atom stereocenters. The Kier molecular flexibility index (Phi) is 3.22. The number of halogens is 1. The van der Waals surface area contributed by atoms with Crippen molar-refractivity contribution in [3.05, 3.63) is 58.7 Å². The molecule has 1 heterocycles. The topological polar surface area (TPSA) is 38.9 Å². The number of pyridine rings is 1. The van der Waals surface area contributed by atoms with Crippen LogP contribution >= 0.6 is 11.6 Å². The smallest absolute Gasteiger partial charge is 0.124 e. The first-order valence-electron chi connectivity index (χ1n) is 4.90. The van der Waals surface area contributed by atoms with Crippen molar-refractivity contribution in [3.8, 4) is 0 Å². The van der Waals surface area contributed by atoms with Crippen LogP contribution in [0, 0.1) is 0 Å². The fourth-order valence-electron chi connectivity index (χ4n) is 1.32. The first-order valence-corrected chi connectivity index (χ1v) is 5.28. The molecule has 0 fully saturated rings. The molecule has 0 amide bonds. The van der Waals surface area contributed by atoms with Gasteiger partial charge in [0.2, 0.25) is 0 Å². The average molecular weight is 231 g/mol. The molecule has 0 saturated carbocycles. The number of benzene rings is 1. The minimum absolute atomic E-state index is 0.526. The summed E-state index contributed by atoms with van der Waals surface area (Å²) in [5, 5.41) is 0.735. The highest BCUT2D eigenvalue weighted by molar-refractivity contribution is 6.30. The SMILES string of the molecule is Nc1cccc(/C=C/c2ccc(Cl)cc2)n1. The van der Waals surface area contributed by atoms with E-state index >= 15 is 0 Å². The summed E-state index contributed by atoms with van der Waals surface area (Å²) >= 11 is 5.80. The maximum atomic E-state index is 5.80. The predicted octanol–water partition coefficient (Wildman–Crippen LogP) is 3.49. The summed E-state index contributed by atoms with van der Waals surface area (Å²) in [5.41, 5.74) is 7.50. The average Bonchev–Trinajstić information content (AvgIpc) is 2.28. The Morgan fingerprint density at radius 2 is 1.75 bits per heavy atom. The van der Waals surface area contributed by atoms with E-state index in [0.29, 0.717) is 5.82 Å². The zero-order valence-electron chi connectivity index (χ0n) is 8.60. The minimum atomic E-state index is 0.526. The van der Waals surface area contributed by atoms with Crippen molar-refractivity contribution in [1.29, 1.82) is 0 Å². The zero-order valence-corrected chi connectivity index (χ0v) is 9.35. The molecule has 0 aliphatic carbocycles. The van der Waals surface area contributed by atoms with Crippen LogP contribution in [0.3, 0.4) is 0 Å². The first kappa shape index (κ1) is 10.7. The Morgan fingerprint density at radius 3 is 2.44 bits per heavy atom. The zero-order chi connectivity index (χ0) is 11.4. The molecule has 0 saturated heterocycles. The van der Waals surface area contributed by atoms with Gasteiger partial charge in [-0.2, -0.15) is 0 Å². The molecule has 80 valence electrons. The lowest BCUT2D eigenvalue weighted by atomic mass is 10.2. The van der Waals surface area contributed by atoms with E-state index in [1.54, 1.807) is 6.07 Å². The van der Waals surface area contributed by atoms with Gasteiger partial charge in [-0.15, -0.1) is 0 Å². The summed E-state index contributed by atoms with van der Waals surface area (Å²) in [4.78, 5) is 4.17. The van der Waals surface area contributed by atoms with Gasteiger partial charge in [0, 0.05) is 5.02 Å². The molecule has 3 heteroatoms. The lowest BCUT2D eigenvalue weighted by Crippen LogP contribution is -1.90. The highest BCUT2D eigenvalue weighted by atomic mass is 35.5. The Balaban J connectivity index is 2.18. The summed E-state index contributed by atoms with van der Waals surface area (Å²) < 4.78 is 0. The van der Waals surface area contributed by atoms with E-state index in [1.165, 1.54) is 0 Å². The molecule has 0 radical (unpaired) electrons. The minimum Gasteiger partial charge on any atom is -0.384 e. The van der Waals surface area contributed by atoms with Gasteiger partial charge in [0.1, 0.15) is 5.82 Å². The van der Waals surface area contributed by atoms with Gasteiger partial charge in [-0.1, -0.05) is 35.9 Å². The van der Waals surface area contributed by atoms with E-state index in [2.05, 4.69) is 4.98 Å². The van der Waals surface area contributed by atoms with Crippen molar-refractivity contribution in [2.75, 3.05) is 5.73 Å². The van der Waals surface area contributed by atoms with Gasteiger partial charge in [0.05, 0.1) is 5.69 Å². The summed E-state index contributed by atoms with van der Waals surface area (Å²) in [6.45, 7) is 0. The molecular formula is C13H11ClN2. The van der Waals surface area contributed by atoms with Gasteiger partial charge in [0.15, 0.2) is 0 Å². The van der Waals surface area contributed by atoms with Crippen LogP contribution < -0.4 is 5.73 Å². The van der Waals surface area contributed by atoms with Gasteiger partial charge in [0.25, 0.3) is 0 Å². The highest BCUT2D eigenvalue weighted by Gasteiger charge is 1.91. The van der Waals surface area contributed by atoms with E-state index < -0.39 is 0 Å². The van der Waals surface area contributed by atoms with E-state index in [1.807, 2.05) is 48.6 Å². The number of nitrogens with zero attached hydrogens (tertiary/aromatic N) is 1. The quantitative estimate of drug-likeness (QED) is 0.858. The molecule has 2 aromatic rings. The van der Waals surface area contributed by atoms with Crippen molar-refractivity contribution in [2.45, 2.75) is 0 Å². The van der Waals surface area contributed by atoms with Gasteiger partial charge in [-0.25, -0.2) is 4.98 Å². The first-order chi connectivity index (χ1) is 7.74. The summed E-state index contributed by atoms with van der Waals surface area (Å²) in [6, 6.07) is 13.2. The van der Waals surface area contributed by atoms with Crippen LogP contribution in [0.15, 0.2) is 42.5 Å². The van der Waals surface area contributed by atoms with Gasteiger partial charge in [-0.05, 0) is 35.9 Å². The normalized spacial score (nSPS) is 10.8. The summed E-state index contributed by atoms with van der Waals surface area (Å²) in [7, 11) is 0. The molecular weight excluding hydrogens is 220 g/mol. The monoisotopic (exact) mass is 230 g/mol. The molecule has 0 spiro atoms. The second-order valence-electron chi connectivity index (χ2n) is 3.37. The molecule has 0 aliphatic rings. The van der Waals surface area contributed by atoms with Crippen LogP contribution in [0.25, 0.3) is 12.2 Å². The van der Waals surface area contributed by atoms with Crippen molar-refractivity contribution in [3.63, 3.8) is 0 Å². The number of nitrogen functional groups attached to an aromatic ring is 1. The van der Waals surface area contributed by atoms with E-state index in [4.69, 9.17) is 17.3 Å². The fraction of sp³-hybridized carbons (Fsp3) is 0. The number of anilines is 1. The largest absolute Gasteiger partial charge is 0.384 e. The Labute approximate surface area is 99.4 Å². The molecule has 0 aliphatic heterocycles. The van der Waals surface area contributed by atoms with Crippen LogP contribution in [0.1, 0.15) is 11.3 Å². The number of aromatic nitrogens is 1. The second kappa shape index (κ2) is 4.81. The molecule has 1 aromatic carbocycles. The van der Waals surface area contributed by atoms with E-state index in [-0.39, 0.29) is 0 Å². The Bertz CT molecular complexity index is 504. The standard InChI is InChI=1S/C13H11ClN2/c14-11-7-4-10(5-8-11)6-9-12-2-1-3-13(15)16-12/h1-9H,(H2,15,16)/b9-6+. The highest BCUT2D eigenvalue weighted by Crippen LogP contribution is 2.12. The molecule has 0 atom stereocenters. The van der Waals surface area contributed by atoms with Crippen molar-refractivity contribution in [2.24, 2.45) is 0 Å². The molecule has 2 N–H and O–H groups in total. The third-order valence-corrected chi connectivity index (χ3v) is 2.36. The Morgan fingerprint density at radius 1 is 1.00 bits per heavy atom. The van der Waals surface area contributed by atoms with Crippen LogP contribution in [0.5, 0.6) is 0 Å². The van der Waals surface area contributed by atoms with Crippen LogP contribution in [-0.4, -0.2) is 4.98 Å². The molecule has 2 rings (SSSR count). The third-order valence-electron chi connectivity index (χ3n) is 2.11. The van der Waals surface area contributed by atoms with Crippen LogP contribution in [-0.2, 0) is 0 Å². The molecule has 2 nitrogen and oxygen atoms in total. The Hall–Kier alpha value is -1.80. The van der Waals surface area contributed by atoms with Gasteiger partial charge < -0.3 is 5.73 Å². The lowest BCUT2D eigenvalue weighted by molar-refractivity contribution is 1.31. The number of hydrogen-bond donors (Lipinski definition) is 1. The third kappa shape index (κ3) is 2.84. The number of hydrogen-bond acceptors (Lipinski definition) is 2. The van der Waals surface area contributed by atoms with E-state index in [9.17, 15) is 0 Å². The van der Waals surface area contributed by atoms with Crippen LogP contribution in [0.4, 0.5) is 5.82 Å². The lowest BCUT2D eigenvalue weighted by Gasteiger charge is -1.96. The molecule has 0 bridgehead atoms. The van der Waals surface area contributed by atoms with E-state index in [0.717, 1.165) is 16.3 Å². The maximum Gasteiger partial charge on any atom is 0.124 e. The molecule has 16 heavy (non-hydrogen) atoms. The van der Waals surface area contributed by atoms with Crippen molar-refractivity contribution in [1.82, 2.24) is 4.98 Å². The summed E-state index contributed by atoms with van der Waals surface area (Å²) in [6.07, 6.45) is 3.89. The van der Waals surface area contributed by atoms with Gasteiger partial charge >= 0.3 is 0 Å². The van der Waals surface area contributed by atoms with Gasteiger partial charge in [-0.3, -0.25) is 0 Å². The predicted molar refractivity (Wildman–Crippen MR) is 69.0 cm³/mol. The van der Waals surface area contributed by atoms with Crippen LogP contribution in [0.2, 0.25) is 5.02 Å². The van der Waals surface area contributed by atoms with Crippen molar-refractivity contribution < 1.29 is 0 Å². The van der Waals surface area contributed by atoms with Crippen molar-refractivity contribution >= 4 is 29.6 Å². The fourth-order valence-corrected chi connectivity index (χ4v) is 1.44. The number of nitrogens with two attached hydrogens (primary N) is 1. The maximum absolute atomic E-state index is 5.80.